The Hall–Kier alpha value is -3.49. The van der Waals surface area contributed by atoms with E-state index in [0.717, 1.165) is 28.2 Å². The molecule has 1 aromatic heterocycles. The molecule has 2 aromatic carbocycles. The number of rotatable bonds is 4. The van der Waals surface area contributed by atoms with E-state index < -0.39 is 11.6 Å². The largest absolute Gasteiger partial charge is 0.376 e. The molecule has 5 rings (SSSR count). The van der Waals surface area contributed by atoms with Gasteiger partial charge in [-0.05, 0) is 81.1 Å². The molecule has 0 aliphatic carbocycles. The lowest BCUT2D eigenvalue weighted by Gasteiger charge is -2.29. The van der Waals surface area contributed by atoms with Crippen LogP contribution in [0.2, 0.25) is 0 Å². The van der Waals surface area contributed by atoms with Crippen molar-refractivity contribution in [3.63, 3.8) is 0 Å². The average molecular weight is 488 g/mol. The third-order valence-electron chi connectivity index (χ3n) is 7.48. The highest BCUT2D eigenvalue weighted by atomic mass is 16.3. The number of carbonyl (C=O) groups is 2. The van der Waals surface area contributed by atoms with Crippen molar-refractivity contribution in [2.75, 3.05) is 18.0 Å². The molecule has 2 aliphatic rings. The fourth-order valence-corrected chi connectivity index (χ4v) is 5.23. The number of carbonyl (C=O) groups excluding carboxylic acids is 2. The van der Waals surface area contributed by atoms with Gasteiger partial charge in [0.05, 0.1) is 22.8 Å². The molecule has 1 saturated heterocycles. The highest BCUT2D eigenvalue weighted by molar-refractivity contribution is 6.07. The topological polar surface area (TPSA) is 99.5 Å². The predicted molar refractivity (Wildman–Crippen MR) is 138 cm³/mol. The fraction of sp³-hybridized carbons (Fsp3) is 0.393. The van der Waals surface area contributed by atoms with Gasteiger partial charge in [0.2, 0.25) is 5.91 Å². The van der Waals surface area contributed by atoms with Gasteiger partial charge in [-0.1, -0.05) is 25.1 Å². The zero-order valence-electron chi connectivity index (χ0n) is 21.0. The Balaban J connectivity index is 1.42. The van der Waals surface area contributed by atoms with Crippen molar-refractivity contribution in [3.8, 4) is 5.69 Å². The second-order valence-electron chi connectivity index (χ2n) is 10.2. The van der Waals surface area contributed by atoms with Crippen LogP contribution in [0.4, 0.5) is 5.69 Å². The summed E-state index contributed by atoms with van der Waals surface area (Å²) in [5, 5.41) is 20.6. The zero-order valence-corrected chi connectivity index (χ0v) is 21.0. The second-order valence-corrected chi connectivity index (χ2v) is 10.2. The van der Waals surface area contributed by atoms with Crippen LogP contribution in [0.15, 0.2) is 54.7 Å². The number of aryl methyl sites for hydroxylation is 2. The van der Waals surface area contributed by atoms with Gasteiger partial charge in [-0.3, -0.25) is 14.9 Å². The summed E-state index contributed by atoms with van der Waals surface area (Å²) in [5.41, 5.74) is 4.44. The van der Waals surface area contributed by atoms with Gasteiger partial charge >= 0.3 is 0 Å². The first-order valence-corrected chi connectivity index (χ1v) is 12.5. The zero-order chi connectivity index (χ0) is 25.4. The Labute approximate surface area is 211 Å². The van der Waals surface area contributed by atoms with E-state index in [0.29, 0.717) is 37.9 Å². The van der Waals surface area contributed by atoms with Gasteiger partial charge in [0, 0.05) is 24.0 Å². The molecule has 3 aromatic rings. The first kappa shape index (κ1) is 24.2. The summed E-state index contributed by atoms with van der Waals surface area (Å²) in [6.07, 6.45) is 2.90. The molecule has 0 bridgehead atoms. The monoisotopic (exact) mass is 487 g/mol. The first-order chi connectivity index (χ1) is 17.2. The lowest BCUT2D eigenvalue weighted by molar-refractivity contribution is -0.131. The maximum absolute atomic E-state index is 13.9. The predicted octanol–water partition coefficient (Wildman–Crippen LogP) is 2.88. The summed E-state index contributed by atoms with van der Waals surface area (Å²) < 4.78 is 1.80. The Bertz CT molecular complexity index is 1300. The summed E-state index contributed by atoms with van der Waals surface area (Å²) in [4.78, 5) is 29.1. The minimum Gasteiger partial charge on any atom is -0.376 e. The maximum Gasteiger partial charge on any atom is 0.258 e. The number of hydrogen-bond acceptors (Lipinski definition) is 5. The highest BCUT2D eigenvalue weighted by Crippen LogP contribution is 2.37. The average Bonchev–Trinajstić information content (AvgIpc) is 3.43. The summed E-state index contributed by atoms with van der Waals surface area (Å²) in [7, 11) is 0. The maximum atomic E-state index is 13.9. The van der Waals surface area contributed by atoms with E-state index in [2.05, 4.69) is 15.7 Å². The number of para-hydroxylation sites is 1. The molecule has 36 heavy (non-hydrogen) atoms. The minimum atomic E-state index is -0.731. The lowest BCUT2D eigenvalue weighted by Crippen LogP contribution is -2.49. The molecule has 0 radical (unpaired) electrons. The molecule has 3 heterocycles. The van der Waals surface area contributed by atoms with Crippen LogP contribution < -0.4 is 15.5 Å². The van der Waals surface area contributed by atoms with Gasteiger partial charge in [0.25, 0.3) is 5.91 Å². The minimum absolute atomic E-state index is 0.0804. The molecule has 0 spiro atoms. The van der Waals surface area contributed by atoms with E-state index >= 15 is 0 Å². The molecule has 2 unspecified atom stereocenters. The molecule has 3 atom stereocenters. The summed E-state index contributed by atoms with van der Waals surface area (Å²) in [6, 6.07) is 15.2. The smallest absolute Gasteiger partial charge is 0.258 e. The number of amides is 2. The molecule has 188 valence electrons. The van der Waals surface area contributed by atoms with Gasteiger partial charge in [-0.25, -0.2) is 4.68 Å². The normalized spacial score (nSPS) is 23.7. The number of aromatic nitrogens is 2. The van der Waals surface area contributed by atoms with Crippen LogP contribution in [0, 0.1) is 19.3 Å². The van der Waals surface area contributed by atoms with Crippen LogP contribution >= 0.6 is 0 Å². The molecule has 8 nitrogen and oxygen atoms in total. The quantitative estimate of drug-likeness (QED) is 0.526. The van der Waals surface area contributed by atoms with E-state index in [1.54, 1.807) is 9.58 Å². The van der Waals surface area contributed by atoms with Crippen molar-refractivity contribution in [2.45, 2.75) is 52.3 Å². The van der Waals surface area contributed by atoms with Gasteiger partial charge in [0.15, 0.2) is 0 Å². The highest BCUT2D eigenvalue weighted by Gasteiger charge is 2.40. The van der Waals surface area contributed by atoms with Crippen molar-refractivity contribution in [1.29, 1.82) is 0 Å². The molecule has 1 fully saturated rings. The van der Waals surface area contributed by atoms with Crippen molar-refractivity contribution in [1.82, 2.24) is 20.4 Å². The van der Waals surface area contributed by atoms with Crippen LogP contribution in [-0.4, -0.2) is 52.1 Å². The van der Waals surface area contributed by atoms with Crippen molar-refractivity contribution in [3.05, 3.63) is 77.1 Å². The number of nitrogens with one attached hydrogen (secondary N) is 2. The molecule has 2 amide bonds. The Kier molecular flexibility index (Phi) is 6.40. The van der Waals surface area contributed by atoms with E-state index in [1.165, 1.54) is 0 Å². The third kappa shape index (κ3) is 4.54. The van der Waals surface area contributed by atoms with Crippen LogP contribution in [0.3, 0.4) is 0 Å². The van der Waals surface area contributed by atoms with E-state index in [1.807, 2.05) is 75.5 Å². The second kappa shape index (κ2) is 9.52. The molecule has 2 aliphatic heterocycles. The lowest BCUT2D eigenvalue weighted by atomic mass is 9.80. The molecule has 8 heteroatoms. The van der Waals surface area contributed by atoms with E-state index in [-0.39, 0.29) is 17.9 Å². The van der Waals surface area contributed by atoms with Crippen LogP contribution in [-0.2, 0) is 11.2 Å². The first-order valence-electron chi connectivity index (χ1n) is 12.5. The number of benzene rings is 2. The summed E-state index contributed by atoms with van der Waals surface area (Å²) >= 11 is 0. The third-order valence-corrected chi connectivity index (χ3v) is 7.48. The van der Waals surface area contributed by atoms with Gasteiger partial charge in [-0.2, -0.15) is 5.10 Å². The van der Waals surface area contributed by atoms with Gasteiger partial charge < -0.3 is 15.3 Å². The number of nitrogens with zero attached hydrogens (tertiary/aromatic N) is 3. The van der Waals surface area contributed by atoms with Crippen LogP contribution in [0.25, 0.3) is 5.69 Å². The number of aliphatic hydroxyl groups excluding tert-OH is 1. The summed E-state index contributed by atoms with van der Waals surface area (Å²) in [6.45, 7) is 6.93. The van der Waals surface area contributed by atoms with Crippen molar-refractivity contribution < 1.29 is 14.7 Å². The Morgan fingerprint density at radius 1 is 1.17 bits per heavy atom. The number of aliphatic hydroxyl groups is 1. The van der Waals surface area contributed by atoms with Gasteiger partial charge in [0.1, 0.15) is 6.23 Å². The number of hydrogen-bond donors (Lipinski definition) is 3. The van der Waals surface area contributed by atoms with Crippen LogP contribution in [0.1, 0.15) is 46.9 Å². The molecular formula is C28H33N5O3. The van der Waals surface area contributed by atoms with Gasteiger partial charge in [-0.15, -0.1) is 0 Å². The SMILES string of the molecule is Cc1ccn(-c2ccc(C(=O)N3CCC(C)(C(=O)N[C@@H]4CCNC4O)Cc4ccccc43)c(C)c2)n1. The van der Waals surface area contributed by atoms with E-state index in [9.17, 15) is 14.7 Å². The molecule has 3 N–H and O–H groups in total. The number of fused-ring (bicyclic) bond motifs is 1. The fourth-order valence-electron chi connectivity index (χ4n) is 5.23. The Morgan fingerprint density at radius 2 is 1.97 bits per heavy atom. The number of anilines is 1. The molecule has 0 saturated carbocycles. The standard InChI is InChI=1S/C28H33N5O3/c1-18-16-21(33-14-11-19(2)31-33)8-9-22(18)26(35)32-15-12-28(3,17-20-6-4-5-7-24(20)32)27(36)30-23-10-13-29-25(23)34/h4-9,11,14,16,23,25,29,34H,10,12-13,15,17H2,1-3H3,(H,30,36)/t23-,25?,28?/m1/s1. The van der Waals surface area contributed by atoms with Crippen LogP contribution in [0.5, 0.6) is 0 Å². The van der Waals surface area contributed by atoms with Crippen molar-refractivity contribution >= 4 is 17.5 Å². The Morgan fingerprint density at radius 3 is 2.67 bits per heavy atom. The molecular weight excluding hydrogens is 454 g/mol. The summed E-state index contributed by atoms with van der Waals surface area (Å²) in [5.74, 6) is -0.169. The van der Waals surface area contributed by atoms with E-state index in [4.69, 9.17) is 0 Å². The van der Waals surface area contributed by atoms with Crippen molar-refractivity contribution in [2.24, 2.45) is 5.41 Å².